The van der Waals surface area contributed by atoms with Crippen LogP contribution in [-0.4, -0.2) is 4.98 Å². The Morgan fingerprint density at radius 1 is 1.08 bits per heavy atom. The van der Waals surface area contributed by atoms with Crippen molar-refractivity contribution in [3.05, 3.63) is 30.7 Å². The molecule has 1 aromatic carbocycles. The molecule has 0 amide bonds. The highest BCUT2D eigenvalue weighted by Gasteiger charge is 2.10. The number of hydrogen-bond donors (Lipinski definition) is 1. The van der Waals surface area contributed by atoms with Gasteiger partial charge in [0.15, 0.2) is 0 Å². The summed E-state index contributed by atoms with van der Waals surface area (Å²) in [6.45, 7) is 0. The molecule has 5 heteroatoms. The van der Waals surface area contributed by atoms with E-state index in [9.17, 15) is 0 Å². The van der Waals surface area contributed by atoms with E-state index in [4.69, 9.17) is 11.6 Å². The fraction of sp³-hybridized carbons (Fsp3) is 0. The summed E-state index contributed by atoms with van der Waals surface area (Å²) in [6.07, 6.45) is 0. The summed E-state index contributed by atoms with van der Waals surface area (Å²) >= 11 is 16.2. The van der Waals surface area contributed by atoms with Gasteiger partial charge >= 0.3 is 0 Å². The molecule has 1 nitrogen and oxygen atoms in total. The second-order valence-corrected chi connectivity index (χ2v) is 5.36. The zero-order valence-corrected chi connectivity index (χ0v) is 11.7. The van der Waals surface area contributed by atoms with Gasteiger partial charge in [0.1, 0.15) is 5.15 Å². The van der Waals surface area contributed by atoms with Crippen LogP contribution in [0.3, 0.4) is 0 Å². The van der Waals surface area contributed by atoms with Crippen molar-refractivity contribution in [3.8, 4) is 0 Å². The van der Waals surface area contributed by atoms with Crippen molar-refractivity contribution in [3.63, 3.8) is 0 Å². The van der Waals surface area contributed by atoms with Gasteiger partial charge in [-0.25, -0.2) is 0 Å². The van der Waals surface area contributed by atoms with Gasteiger partial charge in [0.05, 0.1) is 14.5 Å². The van der Waals surface area contributed by atoms with Crippen LogP contribution < -0.4 is 0 Å². The van der Waals surface area contributed by atoms with E-state index in [-0.39, 0.29) is 0 Å². The average Bonchev–Trinajstić information content (AvgIpc) is 2.38. The SMILES string of the molecule is Clc1[nH]c2c(Br)c(Br)ccc2c1Br. The Labute approximate surface area is 105 Å². The first-order valence-corrected chi connectivity index (χ1v) is 6.17. The van der Waals surface area contributed by atoms with E-state index in [1.54, 1.807) is 0 Å². The minimum absolute atomic E-state index is 0.619. The topological polar surface area (TPSA) is 15.8 Å². The summed E-state index contributed by atoms with van der Waals surface area (Å²) in [5, 5.41) is 1.69. The van der Waals surface area contributed by atoms with E-state index in [2.05, 4.69) is 52.8 Å². The second-order valence-electron chi connectivity index (χ2n) is 2.54. The van der Waals surface area contributed by atoms with Crippen LogP contribution in [-0.2, 0) is 0 Å². The number of aromatic nitrogens is 1. The van der Waals surface area contributed by atoms with Crippen LogP contribution in [0.1, 0.15) is 0 Å². The third-order valence-electron chi connectivity index (χ3n) is 1.76. The Morgan fingerprint density at radius 3 is 2.46 bits per heavy atom. The predicted molar refractivity (Wildman–Crippen MR) is 66.4 cm³/mol. The van der Waals surface area contributed by atoms with Crippen LogP contribution in [0.4, 0.5) is 0 Å². The van der Waals surface area contributed by atoms with Crippen molar-refractivity contribution in [2.75, 3.05) is 0 Å². The van der Waals surface area contributed by atoms with Crippen LogP contribution in [0.15, 0.2) is 25.6 Å². The number of fused-ring (bicyclic) bond motifs is 1. The lowest BCUT2D eigenvalue weighted by molar-refractivity contribution is 1.45. The van der Waals surface area contributed by atoms with Crippen molar-refractivity contribution in [2.24, 2.45) is 0 Å². The minimum Gasteiger partial charge on any atom is -0.344 e. The first-order valence-electron chi connectivity index (χ1n) is 3.42. The van der Waals surface area contributed by atoms with E-state index < -0.39 is 0 Å². The summed E-state index contributed by atoms with van der Waals surface area (Å²) in [6, 6.07) is 3.97. The van der Waals surface area contributed by atoms with Gasteiger partial charge in [-0.15, -0.1) is 0 Å². The lowest BCUT2D eigenvalue weighted by Gasteiger charge is -1.96. The van der Waals surface area contributed by atoms with E-state index in [0.717, 1.165) is 24.3 Å². The number of hydrogen-bond acceptors (Lipinski definition) is 0. The largest absolute Gasteiger partial charge is 0.344 e. The minimum atomic E-state index is 0.619. The Balaban J connectivity index is 2.94. The first kappa shape index (κ1) is 10.0. The molecule has 0 aliphatic carbocycles. The van der Waals surface area contributed by atoms with Crippen molar-refractivity contribution < 1.29 is 0 Å². The van der Waals surface area contributed by atoms with Crippen molar-refractivity contribution in [2.45, 2.75) is 0 Å². The Hall–Kier alpha value is 0.490. The smallest absolute Gasteiger partial charge is 0.121 e. The molecule has 13 heavy (non-hydrogen) atoms. The fourth-order valence-corrected chi connectivity index (χ4v) is 2.54. The Morgan fingerprint density at radius 2 is 1.77 bits per heavy atom. The van der Waals surface area contributed by atoms with Gasteiger partial charge in [-0.05, 0) is 53.9 Å². The second kappa shape index (κ2) is 3.57. The number of rotatable bonds is 0. The van der Waals surface area contributed by atoms with Crippen LogP contribution in [0.5, 0.6) is 0 Å². The molecule has 1 N–H and O–H groups in total. The van der Waals surface area contributed by atoms with Gasteiger partial charge in [-0.3, -0.25) is 0 Å². The van der Waals surface area contributed by atoms with Crippen molar-refractivity contribution >= 4 is 70.3 Å². The lowest BCUT2D eigenvalue weighted by atomic mass is 10.2. The fourth-order valence-electron chi connectivity index (χ4n) is 1.14. The monoisotopic (exact) mass is 385 g/mol. The quantitative estimate of drug-likeness (QED) is 0.646. The molecule has 2 aromatic rings. The number of halogens is 4. The Kier molecular flexibility index (Phi) is 2.75. The van der Waals surface area contributed by atoms with Crippen LogP contribution >= 0.6 is 59.4 Å². The van der Waals surface area contributed by atoms with E-state index >= 15 is 0 Å². The van der Waals surface area contributed by atoms with Crippen LogP contribution in [0.25, 0.3) is 10.9 Å². The van der Waals surface area contributed by atoms with Crippen molar-refractivity contribution in [1.29, 1.82) is 0 Å². The normalized spacial score (nSPS) is 11.1. The summed E-state index contributed by atoms with van der Waals surface area (Å²) < 4.78 is 2.89. The third kappa shape index (κ3) is 1.58. The van der Waals surface area contributed by atoms with Crippen LogP contribution in [0.2, 0.25) is 5.15 Å². The summed E-state index contributed by atoms with van der Waals surface area (Å²) in [7, 11) is 0. The summed E-state index contributed by atoms with van der Waals surface area (Å²) in [5.74, 6) is 0. The molecule has 0 bridgehead atoms. The molecule has 1 heterocycles. The molecular weight excluding hydrogens is 385 g/mol. The highest BCUT2D eigenvalue weighted by atomic mass is 79.9. The molecule has 2 rings (SSSR count). The van der Waals surface area contributed by atoms with Gasteiger partial charge < -0.3 is 4.98 Å². The molecule has 0 aliphatic rings. The number of nitrogens with one attached hydrogen (secondary N) is 1. The number of H-pyrrole nitrogens is 1. The molecular formula is C8H3Br3ClN. The van der Waals surface area contributed by atoms with E-state index in [0.29, 0.717) is 5.15 Å². The molecule has 0 saturated carbocycles. The maximum Gasteiger partial charge on any atom is 0.121 e. The highest BCUT2D eigenvalue weighted by molar-refractivity contribution is 9.13. The maximum absolute atomic E-state index is 5.94. The molecule has 0 radical (unpaired) electrons. The van der Waals surface area contributed by atoms with Gasteiger partial charge in [-0.1, -0.05) is 17.7 Å². The zero-order valence-electron chi connectivity index (χ0n) is 6.17. The number of benzene rings is 1. The lowest BCUT2D eigenvalue weighted by Crippen LogP contribution is -1.72. The molecule has 0 atom stereocenters. The van der Waals surface area contributed by atoms with Gasteiger partial charge in [0.2, 0.25) is 0 Å². The molecule has 0 spiro atoms. The van der Waals surface area contributed by atoms with E-state index in [1.807, 2.05) is 12.1 Å². The van der Waals surface area contributed by atoms with Gasteiger partial charge in [0, 0.05) is 9.86 Å². The standard InChI is InChI=1S/C8H3Br3ClN/c9-4-2-1-3-5(10)8(12)13-7(3)6(4)11/h1-2,13H. The summed E-state index contributed by atoms with van der Waals surface area (Å²) in [4.78, 5) is 3.08. The molecule has 1 aromatic heterocycles. The molecule has 0 unspecified atom stereocenters. The highest BCUT2D eigenvalue weighted by Crippen LogP contribution is 2.37. The number of aromatic amines is 1. The summed E-state index contributed by atoms with van der Waals surface area (Å²) in [5.41, 5.74) is 0.992. The molecule has 0 saturated heterocycles. The van der Waals surface area contributed by atoms with E-state index in [1.165, 1.54) is 0 Å². The van der Waals surface area contributed by atoms with Crippen LogP contribution in [0, 0.1) is 0 Å². The molecule has 0 fully saturated rings. The Bertz CT molecular complexity index is 478. The third-order valence-corrected chi connectivity index (χ3v) is 5.11. The first-order chi connectivity index (χ1) is 6.11. The maximum atomic E-state index is 5.94. The predicted octanol–water partition coefficient (Wildman–Crippen LogP) is 5.11. The van der Waals surface area contributed by atoms with Crippen molar-refractivity contribution in [1.82, 2.24) is 4.98 Å². The zero-order chi connectivity index (χ0) is 9.59. The molecule has 68 valence electrons. The average molecular weight is 388 g/mol. The molecule has 0 aliphatic heterocycles. The van der Waals surface area contributed by atoms with Gasteiger partial charge in [-0.2, -0.15) is 0 Å². The van der Waals surface area contributed by atoms with Gasteiger partial charge in [0.25, 0.3) is 0 Å².